The third-order valence-corrected chi connectivity index (χ3v) is 11.4. The van der Waals surface area contributed by atoms with E-state index >= 15 is 0 Å². The van der Waals surface area contributed by atoms with E-state index in [0.717, 1.165) is 37.0 Å². The fourth-order valence-electron chi connectivity index (χ4n) is 9.25. The molecule has 2 nitrogen and oxygen atoms in total. The monoisotopic (exact) mass is 430 g/mol. The minimum atomic E-state index is -0.152. The van der Waals surface area contributed by atoms with Crippen LogP contribution in [0.25, 0.3) is 0 Å². The predicted octanol–water partition coefficient (Wildman–Crippen LogP) is 7.00. The predicted molar refractivity (Wildman–Crippen MR) is 130 cm³/mol. The molecule has 3 saturated carbocycles. The smallest absolute Gasteiger partial charge is 0.0577 e. The zero-order valence-electron chi connectivity index (χ0n) is 21.2. The maximum atomic E-state index is 11.3. The summed E-state index contributed by atoms with van der Waals surface area (Å²) in [6.07, 6.45) is 14.1. The molecule has 0 radical (unpaired) electrons. The van der Waals surface area contributed by atoms with Gasteiger partial charge in [-0.05, 0) is 110 Å². The molecule has 10 atom stereocenters. The topological polar surface area (TPSA) is 40.5 Å². The molecule has 0 aromatic carbocycles. The first-order chi connectivity index (χ1) is 14.6. The van der Waals surface area contributed by atoms with Gasteiger partial charge in [-0.2, -0.15) is 0 Å². The number of allylic oxidation sites excluding steroid dienone is 1. The Morgan fingerprint density at radius 1 is 1.03 bits per heavy atom. The van der Waals surface area contributed by atoms with E-state index < -0.39 is 0 Å². The van der Waals surface area contributed by atoms with E-state index in [1.165, 1.54) is 44.9 Å². The van der Waals surface area contributed by atoms with Crippen molar-refractivity contribution in [3.05, 3.63) is 11.6 Å². The molecule has 0 aliphatic heterocycles. The van der Waals surface area contributed by atoms with Gasteiger partial charge in [-0.3, -0.25) is 0 Å². The van der Waals surface area contributed by atoms with Crippen LogP contribution in [0, 0.1) is 52.3 Å². The van der Waals surface area contributed by atoms with Gasteiger partial charge in [-0.15, -0.1) is 0 Å². The summed E-state index contributed by atoms with van der Waals surface area (Å²) in [6.45, 7) is 14.4. The Morgan fingerprint density at radius 2 is 1.77 bits per heavy atom. The number of aliphatic hydroxyl groups excluding tert-OH is 2. The standard InChI is InChI=1S/C29H50O2/c1-7-20(18(2)3)16-27(31)19(4)24-10-11-25-23-9-8-21-17-22(30)12-14-28(21,5)26(23)13-15-29(24,25)6/h8,18-20,22-27,30-31H,7,9-17H2,1-6H3/t19-,20+,22-,23?,24?,25?,26?,27-,28-,29+/m0/s1. The average molecular weight is 431 g/mol. The number of aliphatic hydroxyl groups is 2. The van der Waals surface area contributed by atoms with Crippen molar-refractivity contribution in [3.63, 3.8) is 0 Å². The van der Waals surface area contributed by atoms with Crippen LogP contribution in [0.1, 0.15) is 106 Å². The van der Waals surface area contributed by atoms with Crippen LogP contribution in [0.3, 0.4) is 0 Å². The van der Waals surface area contributed by atoms with Crippen LogP contribution in [-0.4, -0.2) is 22.4 Å². The third kappa shape index (κ3) is 3.96. The molecule has 31 heavy (non-hydrogen) atoms. The highest BCUT2D eigenvalue weighted by Gasteiger charge is 2.59. The Labute approximate surface area is 192 Å². The molecular weight excluding hydrogens is 380 g/mol. The van der Waals surface area contributed by atoms with Crippen LogP contribution in [0.5, 0.6) is 0 Å². The zero-order valence-corrected chi connectivity index (χ0v) is 21.2. The van der Waals surface area contributed by atoms with Gasteiger partial charge in [0.15, 0.2) is 0 Å². The van der Waals surface area contributed by atoms with E-state index in [2.05, 4.69) is 47.6 Å². The molecule has 4 unspecified atom stereocenters. The summed E-state index contributed by atoms with van der Waals surface area (Å²) >= 11 is 0. The molecule has 2 N–H and O–H groups in total. The van der Waals surface area contributed by atoms with Crippen molar-refractivity contribution in [1.82, 2.24) is 0 Å². The molecular formula is C29H50O2. The molecule has 0 spiro atoms. The Hall–Kier alpha value is -0.340. The minimum Gasteiger partial charge on any atom is -0.393 e. The van der Waals surface area contributed by atoms with Crippen LogP contribution >= 0.6 is 0 Å². The number of fused-ring (bicyclic) bond motifs is 5. The van der Waals surface area contributed by atoms with Crippen molar-refractivity contribution in [2.24, 2.45) is 52.3 Å². The lowest BCUT2D eigenvalue weighted by Crippen LogP contribution is -2.51. The average Bonchev–Trinajstić information content (AvgIpc) is 3.08. The molecule has 0 bridgehead atoms. The zero-order chi connectivity index (χ0) is 22.6. The quantitative estimate of drug-likeness (QED) is 0.446. The molecule has 4 aliphatic carbocycles. The molecule has 4 rings (SSSR count). The van der Waals surface area contributed by atoms with Crippen LogP contribution in [-0.2, 0) is 0 Å². The highest BCUT2D eigenvalue weighted by Crippen LogP contribution is 2.67. The summed E-state index contributed by atoms with van der Waals surface area (Å²) in [4.78, 5) is 0. The fraction of sp³-hybridized carbons (Fsp3) is 0.931. The lowest BCUT2D eigenvalue weighted by Gasteiger charge is -2.58. The highest BCUT2D eigenvalue weighted by atomic mass is 16.3. The van der Waals surface area contributed by atoms with Crippen molar-refractivity contribution >= 4 is 0 Å². The van der Waals surface area contributed by atoms with Crippen molar-refractivity contribution < 1.29 is 10.2 Å². The second-order valence-corrected chi connectivity index (χ2v) is 13.0. The summed E-state index contributed by atoms with van der Waals surface area (Å²) in [5, 5.41) is 21.5. The van der Waals surface area contributed by atoms with Crippen LogP contribution < -0.4 is 0 Å². The molecule has 3 fully saturated rings. The van der Waals surface area contributed by atoms with E-state index in [-0.39, 0.29) is 12.2 Å². The van der Waals surface area contributed by atoms with Gasteiger partial charge in [-0.1, -0.05) is 59.6 Å². The summed E-state index contributed by atoms with van der Waals surface area (Å²) < 4.78 is 0. The fourth-order valence-corrected chi connectivity index (χ4v) is 9.25. The van der Waals surface area contributed by atoms with Gasteiger partial charge in [0.05, 0.1) is 12.2 Å². The molecule has 2 heteroatoms. The van der Waals surface area contributed by atoms with Gasteiger partial charge in [-0.25, -0.2) is 0 Å². The Kier molecular flexibility index (Phi) is 6.75. The summed E-state index contributed by atoms with van der Waals surface area (Å²) in [5.74, 6) is 4.82. The van der Waals surface area contributed by atoms with Crippen LogP contribution in [0.4, 0.5) is 0 Å². The number of hydrogen-bond acceptors (Lipinski definition) is 2. The number of rotatable bonds is 6. The molecule has 4 aliphatic rings. The van der Waals surface area contributed by atoms with Crippen molar-refractivity contribution in [3.8, 4) is 0 Å². The second kappa shape index (κ2) is 8.79. The van der Waals surface area contributed by atoms with E-state index in [0.29, 0.717) is 34.5 Å². The Balaban J connectivity index is 1.50. The largest absolute Gasteiger partial charge is 0.393 e. The number of hydrogen-bond donors (Lipinski definition) is 2. The molecule has 0 aromatic heterocycles. The Bertz CT molecular complexity index is 668. The first kappa shape index (κ1) is 23.8. The maximum Gasteiger partial charge on any atom is 0.0577 e. The maximum absolute atomic E-state index is 11.3. The lowest BCUT2D eigenvalue weighted by molar-refractivity contribution is -0.0696. The molecule has 178 valence electrons. The van der Waals surface area contributed by atoms with Gasteiger partial charge in [0.2, 0.25) is 0 Å². The normalized spacial score (nSPS) is 45.3. The van der Waals surface area contributed by atoms with E-state index in [1.54, 1.807) is 5.57 Å². The molecule has 0 heterocycles. The van der Waals surface area contributed by atoms with Gasteiger partial charge < -0.3 is 10.2 Å². The van der Waals surface area contributed by atoms with Gasteiger partial charge in [0.1, 0.15) is 0 Å². The molecule has 0 saturated heterocycles. The Morgan fingerprint density at radius 3 is 2.45 bits per heavy atom. The molecule has 0 aromatic rings. The van der Waals surface area contributed by atoms with E-state index in [4.69, 9.17) is 0 Å². The van der Waals surface area contributed by atoms with Crippen LogP contribution in [0.15, 0.2) is 11.6 Å². The van der Waals surface area contributed by atoms with Gasteiger partial charge >= 0.3 is 0 Å². The van der Waals surface area contributed by atoms with Gasteiger partial charge in [0.25, 0.3) is 0 Å². The van der Waals surface area contributed by atoms with Crippen molar-refractivity contribution in [2.75, 3.05) is 0 Å². The van der Waals surface area contributed by atoms with Crippen molar-refractivity contribution in [2.45, 2.75) is 118 Å². The van der Waals surface area contributed by atoms with E-state index in [1.807, 2.05) is 0 Å². The first-order valence-corrected chi connectivity index (χ1v) is 13.7. The highest BCUT2D eigenvalue weighted by molar-refractivity contribution is 5.25. The van der Waals surface area contributed by atoms with Crippen molar-refractivity contribution in [1.29, 1.82) is 0 Å². The lowest BCUT2D eigenvalue weighted by atomic mass is 9.47. The summed E-state index contributed by atoms with van der Waals surface area (Å²) in [6, 6.07) is 0. The van der Waals surface area contributed by atoms with Crippen LogP contribution in [0.2, 0.25) is 0 Å². The van der Waals surface area contributed by atoms with E-state index in [9.17, 15) is 10.2 Å². The SMILES string of the molecule is CC[C@H](C[C@H](O)[C@@H](C)C1CCC2C3CC=C4C[C@@H](O)CC[C@]4(C)C3CC[C@@]21C)C(C)C. The third-order valence-electron chi connectivity index (χ3n) is 11.4. The summed E-state index contributed by atoms with van der Waals surface area (Å²) in [7, 11) is 0. The molecule has 0 amide bonds. The summed E-state index contributed by atoms with van der Waals surface area (Å²) in [5.41, 5.74) is 2.31. The second-order valence-electron chi connectivity index (χ2n) is 13.0. The first-order valence-electron chi connectivity index (χ1n) is 13.7. The van der Waals surface area contributed by atoms with Gasteiger partial charge in [0, 0.05) is 0 Å². The minimum absolute atomic E-state index is 0.110.